The number of aliphatic hydroxyl groups excluding tert-OH is 2. The summed E-state index contributed by atoms with van der Waals surface area (Å²) in [5.41, 5.74) is 0. The Hall–Kier alpha value is -1.89. The van der Waals surface area contributed by atoms with Crippen LogP contribution in [-0.4, -0.2) is 44.0 Å². The van der Waals surface area contributed by atoms with E-state index in [-0.39, 0.29) is 36.3 Å². The molecule has 0 saturated carbocycles. The third-order valence-corrected chi connectivity index (χ3v) is 10.2. The quantitative estimate of drug-likeness (QED) is 0.116. The molecule has 0 saturated heterocycles. The molecular formula is C31H40BF4O2P2Pd-. The first kappa shape index (κ1) is 41.2. The van der Waals surface area contributed by atoms with Gasteiger partial charge in [-0.25, -0.2) is 0 Å². The third kappa shape index (κ3) is 18.3. The Balaban J connectivity index is 0. The van der Waals surface area contributed by atoms with Crippen molar-refractivity contribution in [2.75, 3.05) is 26.5 Å². The van der Waals surface area contributed by atoms with Gasteiger partial charge in [-0.2, -0.15) is 0 Å². The van der Waals surface area contributed by atoms with E-state index in [0.29, 0.717) is 0 Å². The standard InChI is InChI=1S/C27H26P2.C2H6.2CH4O.BF4.Pd/c1-5-14-24(15-6-1)28(25-16-7-2-8-17-25)22-13-23-29(26-18-9-3-10-19-26)27-20-11-4-12-21-27;3*1-2;2-1(3,4)5;/h1-12,14-21H,13,22-23H2;1-2H3;2*2H,1H3;;/q;;;;-1;. The van der Waals surface area contributed by atoms with Gasteiger partial charge in [0.25, 0.3) is 0 Å². The van der Waals surface area contributed by atoms with Crippen molar-refractivity contribution in [3.8, 4) is 0 Å². The van der Waals surface area contributed by atoms with E-state index in [1.165, 1.54) is 40.0 Å². The van der Waals surface area contributed by atoms with E-state index in [4.69, 9.17) is 10.2 Å². The summed E-state index contributed by atoms with van der Waals surface area (Å²) < 4.78 is 39.0. The maximum absolute atomic E-state index is 9.75. The summed E-state index contributed by atoms with van der Waals surface area (Å²) in [6.45, 7) is 4.00. The van der Waals surface area contributed by atoms with Gasteiger partial charge in [-0.3, -0.25) is 0 Å². The summed E-state index contributed by atoms with van der Waals surface area (Å²) in [6, 6.07) is 44.3. The summed E-state index contributed by atoms with van der Waals surface area (Å²) in [5, 5.41) is 19.9. The average molecular weight is 700 g/mol. The van der Waals surface area contributed by atoms with Crippen LogP contribution in [0.3, 0.4) is 0 Å². The zero-order chi connectivity index (χ0) is 30.2. The Morgan fingerprint density at radius 1 is 0.463 bits per heavy atom. The van der Waals surface area contributed by atoms with Gasteiger partial charge in [-0.1, -0.05) is 135 Å². The maximum atomic E-state index is 9.75. The summed E-state index contributed by atoms with van der Waals surface area (Å²) >= 11 is 0. The fraction of sp³-hybridized carbons (Fsp3) is 0.226. The second-order valence-corrected chi connectivity index (χ2v) is 12.2. The molecule has 10 heteroatoms. The molecule has 0 spiro atoms. The van der Waals surface area contributed by atoms with Crippen LogP contribution in [0, 0.1) is 0 Å². The molecule has 0 amide bonds. The molecule has 0 aliphatic carbocycles. The first-order chi connectivity index (χ1) is 19.4. The minimum Gasteiger partial charge on any atom is -0.418 e. The number of hydrogen-bond acceptors (Lipinski definition) is 2. The minimum absolute atomic E-state index is 0. The molecule has 0 bridgehead atoms. The fourth-order valence-electron chi connectivity index (χ4n) is 3.63. The smallest absolute Gasteiger partial charge is 0.418 e. The molecule has 2 N–H and O–H groups in total. The van der Waals surface area contributed by atoms with Crippen LogP contribution in [0.4, 0.5) is 17.3 Å². The normalized spacial score (nSPS) is 9.76. The SMILES string of the molecule is CC.CO.CO.F[B-](F)(F)F.[Pd].c1ccc(P(CCCP(c2ccccc2)c2ccccc2)c2ccccc2)cc1. The molecule has 0 aromatic heterocycles. The van der Waals surface area contributed by atoms with Crippen LogP contribution in [0.2, 0.25) is 0 Å². The van der Waals surface area contributed by atoms with Crippen molar-refractivity contribution in [2.24, 2.45) is 0 Å². The molecule has 0 aliphatic heterocycles. The largest absolute Gasteiger partial charge is 0.673 e. The molecule has 0 unspecified atom stereocenters. The van der Waals surface area contributed by atoms with Crippen LogP contribution in [0.25, 0.3) is 0 Å². The summed E-state index contributed by atoms with van der Waals surface area (Å²) in [7, 11) is -4.62. The van der Waals surface area contributed by atoms with Crippen LogP contribution in [0.15, 0.2) is 121 Å². The number of halogens is 4. The van der Waals surface area contributed by atoms with Gasteiger partial charge >= 0.3 is 7.25 Å². The van der Waals surface area contributed by atoms with Gasteiger partial charge < -0.3 is 27.5 Å². The first-order valence-electron chi connectivity index (χ1n) is 12.9. The van der Waals surface area contributed by atoms with E-state index in [1.807, 2.05) is 13.8 Å². The molecule has 4 rings (SSSR count). The summed E-state index contributed by atoms with van der Waals surface area (Å²) in [5.74, 6) is 0. The second-order valence-electron chi connectivity index (χ2n) is 7.49. The van der Waals surface area contributed by atoms with E-state index in [0.717, 1.165) is 14.2 Å². The molecule has 2 nitrogen and oxygen atoms in total. The van der Waals surface area contributed by atoms with Crippen molar-refractivity contribution in [2.45, 2.75) is 20.3 Å². The Labute approximate surface area is 259 Å². The predicted octanol–water partition coefficient (Wildman–Crippen LogP) is 7.18. The van der Waals surface area contributed by atoms with Gasteiger partial charge in [0.1, 0.15) is 0 Å². The number of rotatable bonds is 8. The van der Waals surface area contributed by atoms with Crippen LogP contribution >= 0.6 is 15.8 Å². The van der Waals surface area contributed by atoms with Crippen molar-refractivity contribution in [3.05, 3.63) is 121 Å². The maximum Gasteiger partial charge on any atom is 0.673 e. The Morgan fingerprint density at radius 3 is 0.805 bits per heavy atom. The van der Waals surface area contributed by atoms with Gasteiger partial charge in [0.05, 0.1) is 0 Å². The topological polar surface area (TPSA) is 40.5 Å². The molecule has 41 heavy (non-hydrogen) atoms. The van der Waals surface area contributed by atoms with Gasteiger partial charge in [-0.05, 0) is 55.8 Å². The minimum atomic E-state index is -6.00. The van der Waals surface area contributed by atoms with Crippen molar-refractivity contribution < 1.29 is 47.9 Å². The molecule has 0 radical (unpaired) electrons. The molecule has 0 aliphatic rings. The van der Waals surface area contributed by atoms with Crippen molar-refractivity contribution >= 4 is 44.3 Å². The number of benzene rings is 4. The second kappa shape index (κ2) is 25.8. The third-order valence-electron chi connectivity index (χ3n) is 5.03. The van der Waals surface area contributed by atoms with Crippen molar-refractivity contribution in [1.82, 2.24) is 0 Å². The van der Waals surface area contributed by atoms with E-state index in [1.54, 1.807) is 0 Å². The van der Waals surface area contributed by atoms with Gasteiger partial charge in [0, 0.05) is 34.6 Å². The van der Waals surface area contributed by atoms with Crippen LogP contribution in [0.5, 0.6) is 0 Å². The molecule has 0 heterocycles. The van der Waals surface area contributed by atoms with Crippen LogP contribution in [0.1, 0.15) is 20.3 Å². The van der Waals surface area contributed by atoms with Crippen molar-refractivity contribution in [1.29, 1.82) is 0 Å². The molecule has 0 atom stereocenters. The number of aliphatic hydroxyl groups is 2. The van der Waals surface area contributed by atoms with Gasteiger partial charge in [0.15, 0.2) is 0 Å². The zero-order valence-electron chi connectivity index (χ0n) is 23.9. The van der Waals surface area contributed by atoms with Crippen LogP contribution < -0.4 is 21.2 Å². The fourth-order valence-corrected chi connectivity index (χ4v) is 8.59. The Morgan fingerprint density at radius 2 is 0.634 bits per heavy atom. The summed E-state index contributed by atoms with van der Waals surface area (Å²) in [4.78, 5) is 0. The van der Waals surface area contributed by atoms with E-state index < -0.39 is 7.25 Å². The Kier molecular flexibility index (Phi) is 25.9. The van der Waals surface area contributed by atoms with E-state index in [2.05, 4.69) is 121 Å². The van der Waals surface area contributed by atoms with E-state index >= 15 is 0 Å². The van der Waals surface area contributed by atoms with E-state index in [9.17, 15) is 17.3 Å². The summed E-state index contributed by atoms with van der Waals surface area (Å²) in [6.07, 6.45) is 3.72. The number of hydrogen-bond donors (Lipinski definition) is 2. The van der Waals surface area contributed by atoms with Crippen LogP contribution in [-0.2, 0) is 20.4 Å². The molecule has 0 fully saturated rings. The monoisotopic (exact) mass is 699 g/mol. The predicted molar refractivity (Wildman–Crippen MR) is 170 cm³/mol. The first-order valence-corrected chi connectivity index (χ1v) is 16.0. The van der Waals surface area contributed by atoms with Crippen molar-refractivity contribution in [3.63, 3.8) is 0 Å². The van der Waals surface area contributed by atoms with Gasteiger partial charge in [-0.15, -0.1) is 0 Å². The zero-order valence-corrected chi connectivity index (χ0v) is 27.2. The van der Waals surface area contributed by atoms with Gasteiger partial charge in [0.2, 0.25) is 0 Å². The molecule has 4 aromatic rings. The Bertz CT molecular complexity index is 931. The average Bonchev–Trinajstić information content (AvgIpc) is 3.01. The molecule has 4 aromatic carbocycles. The molecular weight excluding hydrogens is 660 g/mol. The molecule has 228 valence electrons.